The zero-order valence-corrected chi connectivity index (χ0v) is 17.9. The number of nitrogens with two attached hydrogens (primary N) is 1. The molecule has 0 unspecified atom stereocenters. The molecule has 0 radical (unpaired) electrons. The Kier molecular flexibility index (Phi) is 6.32. The Labute approximate surface area is 185 Å². The number of ketones is 1. The highest BCUT2D eigenvalue weighted by molar-refractivity contribution is 5.98. The molecule has 164 valence electrons. The van der Waals surface area contributed by atoms with Crippen LogP contribution in [0.25, 0.3) is 5.65 Å². The third-order valence-electron chi connectivity index (χ3n) is 4.92. The molecule has 0 aliphatic carbocycles. The number of fused-ring (bicyclic) bond motifs is 1. The number of Topliss-reactive ketones (excluding diaryl/α,β-unsaturated/α-hetero) is 1. The summed E-state index contributed by atoms with van der Waals surface area (Å²) in [6.45, 7) is 2.88. The first-order valence-corrected chi connectivity index (χ1v) is 10.2. The van der Waals surface area contributed by atoms with Crippen molar-refractivity contribution < 1.29 is 19.0 Å². The van der Waals surface area contributed by atoms with E-state index in [9.17, 15) is 4.79 Å². The molecule has 0 atom stereocenters. The third-order valence-corrected chi connectivity index (χ3v) is 4.92. The van der Waals surface area contributed by atoms with E-state index in [0.717, 1.165) is 11.1 Å². The highest BCUT2D eigenvalue weighted by Gasteiger charge is 2.12. The van der Waals surface area contributed by atoms with Gasteiger partial charge in [-0.05, 0) is 48.4 Å². The van der Waals surface area contributed by atoms with Gasteiger partial charge in [-0.25, -0.2) is 9.50 Å². The molecule has 8 nitrogen and oxygen atoms in total. The number of hydrogen-bond donors (Lipinski definition) is 1. The predicted molar refractivity (Wildman–Crippen MR) is 120 cm³/mol. The van der Waals surface area contributed by atoms with Crippen LogP contribution in [0.2, 0.25) is 0 Å². The lowest BCUT2D eigenvalue weighted by molar-refractivity contribution is 0.0992. The van der Waals surface area contributed by atoms with Gasteiger partial charge in [0.25, 0.3) is 0 Å². The van der Waals surface area contributed by atoms with Gasteiger partial charge in [0.1, 0.15) is 23.9 Å². The Morgan fingerprint density at radius 3 is 2.78 bits per heavy atom. The number of hydrogen-bond acceptors (Lipinski definition) is 7. The number of methoxy groups -OCH3 is 1. The van der Waals surface area contributed by atoms with Crippen LogP contribution in [0.4, 0.5) is 5.82 Å². The maximum atomic E-state index is 12.9. The standard InChI is InChI=1S/C24H24N4O4/c1-16-6-7-20(32-24-9-8-23-26-22(25)15-28(23)27-24)13-18(16)14-21(29)17-4-3-5-19(12-17)31-11-10-30-2/h3-9,12-13,15H,10-11,14,25H2,1-2H3. The number of carbonyl (C=O) groups excluding carboxylic acids is 1. The van der Waals surface area contributed by atoms with Gasteiger partial charge in [0, 0.05) is 25.2 Å². The van der Waals surface area contributed by atoms with Gasteiger partial charge < -0.3 is 19.9 Å². The number of ether oxygens (including phenoxy) is 3. The molecule has 4 rings (SSSR count). The van der Waals surface area contributed by atoms with Gasteiger partial charge in [0.05, 0.1) is 12.8 Å². The minimum absolute atomic E-state index is 0.00382. The summed E-state index contributed by atoms with van der Waals surface area (Å²) in [4.78, 5) is 17.1. The van der Waals surface area contributed by atoms with Crippen LogP contribution in [-0.4, -0.2) is 40.7 Å². The van der Waals surface area contributed by atoms with Gasteiger partial charge in [-0.1, -0.05) is 18.2 Å². The summed E-state index contributed by atoms with van der Waals surface area (Å²) in [5.41, 5.74) is 8.82. The SMILES string of the molecule is COCCOc1cccc(C(=O)Cc2cc(Oc3ccc4nc(N)cn4n3)ccc2C)c1. The Morgan fingerprint density at radius 2 is 1.94 bits per heavy atom. The average Bonchev–Trinajstić information content (AvgIpc) is 3.16. The molecule has 0 amide bonds. The number of aromatic nitrogens is 3. The number of imidazole rings is 1. The van der Waals surface area contributed by atoms with Crippen molar-refractivity contribution in [3.8, 4) is 17.4 Å². The first kappa shape index (κ1) is 21.3. The molecule has 0 saturated carbocycles. The van der Waals surface area contributed by atoms with Gasteiger partial charge in [0.15, 0.2) is 11.4 Å². The Balaban J connectivity index is 1.48. The highest BCUT2D eigenvalue weighted by Crippen LogP contribution is 2.24. The normalized spacial score (nSPS) is 10.9. The van der Waals surface area contributed by atoms with Crippen molar-refractivity contribution in [2.75, 3.05) is 26.1 Å². The molecule has 2 heterocycles. The molecule has 0 aliphatic heterocycles. The maximum Gasteiger partial charge on any atom is 0.237 e. The summed E-state index contributed by atoms with van der Waals surface area (Å²) in [5, 5.41) is 4.35. The summed E-state index contributed by atoms with van der Waals surface area (Å²) in [6.07, 6.45) is 1.86. The van der Waals surface area contributed by atoms with Crippen molar-refractivity contribution in [2.24, 2.45) is 0 Å². The molecule has 4 aromatic rings. The van der Waals surface area contributed by atoms with Crippen LogP contribution >= 0.6 is 0 Å². The Morgan fingerprint density at radius 1 is 1.06 bits per heavy atom. The molecule has 0 bridgehead atoms. The fourth-order valence-electron chi connectivity index (χ4n) is 3.24. The quantitative estimate of drug-likeness (QED) is 0.316. The molecular weight excluding hydrogens is 408 g/mol. The molecule has 0 saturated heterocycles. The Hall–Kier alpha value is -3.91. The van der Waals surface area contributed by atoms with E-state index in [1.165, 1.54) is 0 Å². The molecular formula is C24H24N4O4. The number of carbonyl (C=O) groups is 1. The van der Waals surface area contributed by atoms with Crippen molar-refractivity contribution in [1.29, 1.82) is 0 Å². The van der Waals surface area contributed by atoms with Crippen molar-refractivity contribution >= 4 is 17.2 Å². The van der Waals surface area contributed by atoms with Crippen LogP contribution in [-0.2, 0) is 11.2 Å². The van der Waals surface area contributed by atoms with Crippen LogP contribution in [0.5, 0.6) is 17.4 Å². The van der Waals surface area contributed by atoms with Crippen molar-refractivity contribution in [3.63, 3.8) is 0 Å². The van der Waals surface area contributed by atoms with Crippen LogP contribution in [0, 0.1) is 6.92 Å². The van der Waals surface area contributed by atoms with E-state index < -0.39 is 0 Å². The fourth-order valence-corrected chi connectivity index (χ4v) is 3.24. The minimum atomic E-state index is -0.00382. The van der Waals surface area contributed by atoms with E-state index in [4.69, 9.17) is 19.9 Å². The van der Waals surface area contributed by atoms with Gasteiger partial charge >= 0.3 is 0 Å². The van der Waals surface area contributed by atoms with Crippen molar-refractivity contribution in [3.05, 3.63) is 77.5 Å². The summed E-state index contributed by atoms with van der Waals surface area (Å²) >= 11 is 0. The Bertz CT molecular complexity index is 1250. The molecule has 0 aliphatic rings. The molecule has 2 N–H and O–H groups in total. The van der Waals surface area contributed by atoms with Gasteiger partial charge in [-0.2, -0.15) is 0 Å². The van der Waals surface area contributed by atoms with E-state index in [0.29, 0.717) is 47.6 Å². The summed E-state index contributed by atoms with van der Waals surface area (Å²) in [6, 6.07) is 16.3. The van der Waals surface area contributed by atoms with Gasteiger partial charge in [-0.15, -0.1) is 5.10 Å². The van der Waals surface area contributed by atoms with Crippen LogP contribution < -0.4 is 15.2 Å². The number of benzene rings is 2. The van der Waals surface area contributed by atoms with E-state index in [2.05, 4.69) is 10.1 Å². The van der Waals surface area contributed by atoms with Crippen molar-refractivity contribution in [1.82, 2.24) is 14.6 Å². The molecule has 0 fully saturated rings. The molecule has 32 heavy (non-hydrogen) atoms. The van der Waals surface area contributed by atoms with E-state index in [-0.39, 0.29) is 12.2 Å². The molecule has 8 heteroatoms. The summed E-state index contributed by atoms with van der Waals surface area (Å²) < 4.78 is 18.1. The first-order chi connectivity index (χ1) is 15.5. The zero-order valence-electron chi connectivity index (χ0n) is 17.9. The number of rotatable bonds is 9. The highest BCUT2D eigenvalue weighted by atomic mass is 16.5. The lowest BCUT2D eigenvalue weighted by Gasteiger charge is -2.11. The minimum Gasteiger partial charge on any atom is -0.491 e. The number of anilines is 1. The maximum absolute atomic E-state index is 12.9. The second kappa shape index (κ2) is 9.49. The lowest BCUT2D eigenvalue weighted by atomic mass is 9.99. The van der Waals surface area contributed by atoms with Crippen molar-refractivity contribution in [2.45, 2.75) is 13.3 Å². The molecule has 0 spiro atoms. The predicted octanol–water partition coefficient (Wildman–Crippen LogP) is 3.86. The lowest BCUT2D eigenvalue weighted by Crippen LogP contribution is -2.07. The number of nitrogens with zero attached hydrogens (tertiary/aromatic N) is 3. The number of aryl methyl sites for hydroxylation is 1. The van der Waals surface area contributed by atoms with Crippen LogP contribution in [0.3, 0.4) is 0 Å². The van der Waals surface area contributed by atoms with E-state index in [1.807, 2.05) is 37.3 Å². The topological polar surface area (TPSA) is 101 Å². The summed E-state index contributed by atoms with van der Waals surface area (Å²) in [7, 11) is 1.62. The first-order valence-electron chi connectivity index (χ1n) is 10.2. The summed E-state index contributed by atoms with van der Waals surface area (Å²) in [5.74, 6) is 2.02. The zero-order chi connectivity index (χ0) is 22.5. The van der Waals surface area contributed by atoms with Crippen LogP contribution in [0.15, 0.2) is 60.8 Å². The second-order valence-corrected chi connectivity index (χ2v) is 7.30. The third kappa shape index (κ3) is 5.04. The van der Waals surface area contributed by atoms with Gasteiger partial charge in [-0.3, -0.25) is 4.79 Å². The average molecular weight is 432 g/mol. The molecule has 2 aromatic carbocycles. The molecule has 2 aromatic heterocycles. The fraction of sp³-hybridized carbons (Fsp3) is 0.208. The smallest absolute Gasteiger partial charge is 0.237 e. The van der Waals surface area contributed by atoms with E-state index in [1.54, 1.807) is 42.1 Å². The monoisotopic (exact) mass is 432 g/mol. The van der Waals surface area contributed by atoms with E-state index >= 15 is 0 Å². The van der Waals surface area contributed by atoms with Crippen LogP contribution in [0.1, 0.15) is 21.5 Å². The largest absolute Gasteiger partial charge is 0.491 e. The second-order valence-electron chi connectivity index (χ2n) is 7.30. The van der Waals surface area contributed by atoms with Gasteiger partial charge in [0.2, 0.25) is 5.88 Å². The number of nitrogen functional groups attached to an aromatic ring is 1.